The Labute approximate surface area is 172 Å². The zero-order chi connectivity index (χ0) is 20.7. The van der Waals surface area contributed by atoms with Gasteiger partial charge >= 0.3 is 7.60 Å². The molecule has 0 aliphatic carbocycles. The molecule has 1 heterocycles. The Kier molecular flexibility index (Phi) is 7.48. The van der Waals surface area contributed by atoms with Crippen LogP contribution in [0.25, 0.3) is 0 Å². The maximum absolute atomic E-state index is 13.3. The zero-order valence-corrected chi connectivity index (χ0v) is 17.9. The average molecular weight is 417 g/mol. The van der Waals surface area contributed by atoms with E-state index in [2.05, 4.69) is 0 Å². The van der Waals surface area contributed by atoms with E-state index >= 15 is 0 Å². The molecule has 29 heavy (non-hydrogen) atoms. The SMILES string of the molecule is CCCCOP(=O)(CC(=O)N1c2ccccc2Oc2ccccc21)OCCCC. The predicted octanol–water partition coefficient (Wildman–Crippen LogP) is 6.28. The van der Waals surface area contributed by atoms with E-state index in [0.717, 1.165) is 25.7 Å². The Morgan fingerprint density at radius 1 is 0.897 bits per heavy atom. The Balaban J connectivity index is 1.87. The smallest absolute Gasteiger partial charge is 0.340 e. The molecule has 0 atom stereocenters. The standard InChI is InChI=1S/C22H28NO5P/c1-3-5-15-26-29(25,27-16-6-4-2)17-22(24)23-18-11-7-9-13-20(18)28-21-14-10-8-12-19(21)23/h7-14H,3-6,15-17H2,1-2H3. The highest BCUT2D eigenvalue weighted by atomic mass is 31.2. The number of hydrogen-bond donors (Lipinski definition) is 0. The summed E-state index contributed by atoms with van der Waals surface area (Å²) in [4.78, 5) is 14.9. The van der Waals surface area contributed by atoms with E-state index in [1.807, 2.05) is 50.2 Å². The summed E-state index contributed by atoms with van der Waals surface area (Å²) < 4.78 is 30.5. The molecule has 0 fully saturated rings. The van der Waals surface area contributed by atoms with Crippen molar-refractivity contribution in [1.29, 1.82) is 0 Å². The molecule has 156 valence electrons. The van der Waals surface area contributed by atoms with Gasteiger partial charge in [-0.2, -0.15) is 0 Å². The molecule has 0 N–H and O–H groups in total. The second-order valence-electron chi connectivity index (χ2n) is 6.91. The van der Waals surface area contributed by atoms with Gasteiger partial charge in [-0.15, -0.1) is 0 Å². The number of carbonyl (C=O) groups excluding carboxylic acids is 1. The molecule has 7 heteroatoms. The van der Waals surface area contributed by atoms with E-state index < -0.39 is 7.60 Å². The summed E-state index contributed by atoms with van der Waals surface area (Å²) in [6.07, 6.45) is 3.03. The van der Waals surface area contributed by atoms with Gasteiger partial charge in [0.1, 0.15) is 6.16 Å². The van der Waals surface area contributed by atoms with Gasteiger partial charge in [-0.1, -0.05) is 51.0 Å². The number of nitrogens with zero attached hydrogens (tertiary/aromatic N) is 1. The molecule has 0 aromatic heterocycles. The number of fused-ring (bicyclic) bond motifs is 2. The Morgan fingerprint density at radius 2 is 1.38 bits per heavy atom. The summed E-state index contributed by atoms with van der Waals surface area (Å²) in [5.74, 6) is 0.811. The number of para-hydroxylation sites is 4. The normalized spacial score (nSPS) is 12.8. The fourth-order valence-corrected chi connectivity index (χ4v) is 4.58. The summed E-state index contributed by atoms with van der Waals surface area (Å²) in [5.41, 5.74) is 1.23. The van der Waals surface area contributed by atoms with E-state index in [9.17, 15) is 9.36 Å². The summed E-state index contributed by atoms with van der Waals surface area (Å²) in [7, 11) is -3.56. The minimum absolute atomic E-state index is 0.309. The first-order valence-electron chi connectivity index (χ1n) is 10.1. The van der Waals surface area contributed by atoms with Crippen LogP contribution in [0.4, 0.5) is 11.4 Å². The molecule has 0 saturated heterocycles. The van der Waals surface area contributed by atoms with Crippen LogP contribution in [0.2, 0.25) is 0 Å². The van der Waals surface area contributed by atoms with Crippen LogP contribution in [0, 0.1) is 0 Å². The van der Waals surface area contributed by atoms with Crippen molar-refractivity contribution in [3.63, 3.8) is 0 Å². The summed E-state index contributed by atoms with van der Waals surface area (Å²) in [6, 6.07) is 14.6. The second-order valence-corrected chi connectivity index (χ2v) is 8.96. The summed E-state index contributed by atoms with van der Waals surface area (Å²) in [6.45, 7) is 4.67. The molecule has 2 aromatic rings. The average Bonchev–Trinajstić information content (AvgIpc) is 2.72. The van der Waals surface area contributed by atoms with Gasteiger partial charge in [0.2, 0.25) is 5.91 Å². The number of anilines is 2. The summed E-state index contributed by atoms with van der Waals surface area (Å²) in [5, 5.41) is 0. The van der Waals surface area contributed by atoms with E-state index in [-0.39, 0.29) is 12.1 Å². The van der Waals surface area contributed by atoms with Crippen LogP contribution < -0.4 is 9.64 Å². The quantitative estimate of drug-likeness (QED) is 0.336. The highest BCUT2D eigenvalue weighted by molar-refractivity contribution is 7.54. The Hall–Kier alpha value is -2.14. The predicted molar refractivity (Wildman–Crippen MR) is 114 cm³/mol. The van der Waals surface area contributed by atoms with Crippen molar-refractivity contribution in [2.45, 2.75) is 39.5 Å². The van der Waals surface area contributed by atoms with Crippen LogP contribution in [0.5, 0.6) is 11.5 Å². The molecule has 0 saturated carbocycles. The van der Waals surface area contributed by atoms with Crippen molar-refractivity contribution in [2.75, 3.05) is 24.3 Å². The third kappa shape index (κ3) is 5.27. The number of benzene rings is 2. The first-order valence-corrected chi connectivity index (χ1v) is 11.9. The highest BCUT2D eigenvalue weighted by Crippen LogP contribution is 2.51. The molecule has 1 aliphatic rings. The van der Waals surface area contributed by atoms with Crippen molar-refractivity contribution in [2.24, 2.45) is 0 Å². The second kappa shape index (κ2) is 10.1. The third-order valence-corrected chi connectivity index (χ3v) is 6.39. The van der Waals surface area contributed by atoms with Gasteiger partial charge in [0.25, 0.3) is 0 Å². The molecular weight excluding hydrogens is 389 g/mol. The fourth-order valence-electron chi connectivity index (χ4n) is 3.03. The Bertz CT molecular complexity index is 826. The first-order chi connectivity index (χ1) is 14.1. The topological polar surface area (TPSA) is 65.1 Å². The van der Waals surface area contributed by atoms with Crippen LogP contribution in [-0.2, 0) is 18.4 Å². The van der Waals surface area contributed by atoms with Gasteiger partial charge in [0.05, 0.1) is 24.6 Å². The van der Waals surface area contributed by atoms with Gasteiger partial charge in [-0.25, -0.2) is 0 Å². The monoisotopic (exact) mass is 417 g/mol. The minimum Gasteiger partial charge on any atom is -0.453 e. The lowest BCUT2D eigenvalue weighted by Gasteiger charge is -2.31. The van der Waals surface area contributed by atoms with Crippen LogP contribution in [0.15, 0.2) is 48.5 Å². The van der Waals surface area contributed by atoms with Crippen LogP contribution in [0.3, 0.4) is 0 Å². The third-order valence-electron chi connectivity index (χ3n) is 4.58. The lowest BCUT2D eigenvalue weighted by Crippen LogP contribution is -2.31. The number of carbonyl (C=O) groups is 1. The van der Waals surface area contributed by atoms with Crippen molar-refractivity contribution in [1.82, 2.24) is 0 Å². The molecule has 3 rings (SSSR count). The number of rotatable bonds is 10. The first kappa shape index (κ1) is 21.6. The van der Waals surface area contributed by atoms with Crippen LogP contribution in [0.1, 0.15) is 39.5 Å². The maximum atomic E-state index is 13.3. The van der Waals surface area contributed by atoms with Gasteiger partial charge in [0.15, 0.2) is 11.5 Å². The van der Waals surface area contributed by atoms with Crippen LogP contribution in [-0.4, -0.2) is 25.3 Å². The Morgan fingerprint density at radius 3 is 1.86 bits per heavy atom. The van der Waals surface area contributed by atoms with Gasteiger partial charge in [-0.05, 0) is 37.1 Å². The van der Waals surface area contributed by atoms with Crippen molar-refractivity contribution < 1.29 is 23.1 Å². The molecule has 0 unspecified atom stereocenters. The number of hydrogen-bond acceptors (Lipinski definition) is 5. The fraction of sp³-hybridized carbons (Fsp3) is 0.409. The van der Waals surface area contributed by atoms with Crippen molar-refractivity contribution >= 4 is 24.9 Å². The molecule has 1 amide bonds. The largest absolute Gasteiger partial charge is 0.453 e. The highest BCUT2D eigenvalue weighted by Gasteiger charge is 2.35. The van der Waals surface area contributed by atoms with E-state index in [4.69, 9.17) is 13.8 Å². The molecule has 0 spiro atoms. The van der Waals surface area contributed by atoms with E-state index in [0.29, 0.717) is 36.1 Å². The molecular formula is C22H28NO5P. The number of unbranched alkanes of at least 4 members (excludes halogenated alkanes) is 2. The number of ether oxygens (including phenoxy) is 1. The lowest BCUT2D eigenvalue weighted by molar-refractivity contribution is -0.115. The zero-order valence-electron chi connectivity index (χ0n) is 17.0. The van der Waals surface area contributed by atoms with E-state index in [1.165, 1.54) is 0 Å². The molecule has 1 aliphatic heterocycles. The number of amides is 1. The van der Waals surface area contributed by atoms with Crippen molar-refractivity contribution in [3.05, 3.63) is 48.5 Å². The maximum Gasteiger partial charge on any atom is 0.340 e. The van der Waals surface area contributed by atoms with Gasteiger partial charge in [0, 0.05) is 0 Å². The molecule has 0 radical (unpaired) electrons. The molecule has 0 bridgehead atoms. The van der Waals surface area contributed by atoms with Crippen molar-refractivity contribution in [3.8, 4) is 11.5 Å². The molecule has 2 aromatic carbocycles. The van der Waals surface area contributed by atoms with Gasteiger partial charge in [-0.3, -0.25) is 14.3 Å². The lowest BCUT2D eigenvalue weighted by atomic mass is 10.1. The van der Waals surface area contributed by atoms with Crippen LogP contribution >= 0.6 is 7.60 Å². The molecule has 6 nitrogen and oxygen atoms in total. The van der Waals surface area contributed by atoms with E-state index in [1.54, 1.807) is 17.0 Å². The van der Waals surface area contributed by atoms with Gasteiger partial charge < -0.3 is 13.8 Å². The summed E-state index contributed by atoms with van der Waals surface area (Å²) >= 11 is 0. The minimum atomic E-state index is -3.56.